The number of halogens is 1. The molecule has 0 radical (unpaired) electrons. The van der Waals surface area contributed by atoms with Crippen molar-refractivity contribution >= 4 is 0 Å². The molecule has 3 nitrogen and oxygen atoms in total. The van der Waals surface area contributed by atoms with Crippen LogP contribution < -0.4 is 4.74 Å². The number of nitrogens with zero attached hydrogens (tertiary/aromatic N) is 2. The standard InChI is InChI=1S/C11H9FN2O/c1-8-3-2-4-9(5-8)15-11-6-10(12)13-7-14-11/h2-7H,1H3. The first kappa shape index (κ1) is 9.58. The van der Waals surface area contributed by atoms with E-state index in [1.807, 2.05) is 25.1 Å². The maximum Gasteiger partial charge on any atom is 0.225 e. The molecular weight excluding hydrogens is 195 g/mol. The van der Waals surface area contributed by atoms with Gasteiger partial charge in [-0.15, -0.1) is 0 Å². The lowest BCUT2D eigenvalue weighted by molar-refractivity contribution is 0.450. The zero-order chi connectivity index (χ0) is 10.7. The minimum absolute atomic E-state index is 0.202. The van der Waals surface area contributed by atoms with Crippen LogP contribution in [0.5, 0.6) is 11.6 Å². The number of aryl methyl sites for hydroxylation is 1. The Labute approximate surface area is 86.6 Å². The van der Waals surface area contributed by atoms with Gasteiger partial charge in [0.1, 0.15) is 12.1 Å². The fraction of sp³-hybridized carbons (Fsp3) is 0.0909. The molecule has 1 heterocycles. The summed E-state index contributed by atoms with van der Waals surface area (Å²) in [5, 5.41) is 0. The molecule has 0 amide bonds. The minimum atomic E-state index is -0.604. The summed E-state index contributed by atoms with van der Waals surface area (Å²) in [6, 6.07) is 8.59. The Morgan fingerprint density at radius 1 is 1.20 bits per heavy atom. The maximum atomic E-state index is 12.7. The Morgan fingerprint density at radius 2 is 2.07 bits per heavy atom. The highest BCUT2D eigenvalue weighted by Gasteiger charge is 2.00. The molecule has 15 heavy (non-hydrogen) atoms. The summed E-state index contributed by atoms with van der Waals surface area (Å²) in [5.74, 6) is 0.230. The van der Waals surface area contributed by atoms with Gasteiger partial charge in [0.25, 0.3) is 0 Å². The third kappa shape index (κ3) is 2.49. The maximum absolute atomic E-state index is 12.7. The average Bonchev–Trinajstić information content (AvgIpc) is 2.17. The van der Waals surface area contributed by atoms with E-state index in [9.17, 15) is 4.39 Å². The van der Waals surface area contributed by atoms with E-state index in [1.165, 1.54) is 0 Å². The van der Waals surface area contributed by atoms with Gasteiger partial charge in [-0.3, -0.25) is 0 Å². The van der Waals surface area contributed by atoms with Gasteiger partial charge >= 0.3 is 0 Å². The highest BCUT2D eigenvalue weighted by atomic mass is 19.1. The van der Waals surface area contributed by atoms with E-state index in [2.05, 4.69) is 9.97 Å². The van der Waals surface area contributed by atoms with Crippen LogP contribution >= 0.6 is 0 Å². The molecule has 0 N–H and O–H groups in total. The van der Waals surface area contributed by atoms with Gasteiger partial charge < -0.3 is 4.74 Å². The largest absolute Gasteiger partial charge is 0.439 e. The number of rotatable bonds is 2. The normalized spacial score (nSPS) is 10.0. The predicted octanol–water partition coefficient (Wildman–Crippen LogP) is 2.72. The van der Waals surface area contributed by atoms with Crippen molar-refractivity contribution in [1.29, 1.82) is 0 Å². The summed E-state index contributed by atoms with van der Waals surface area (Å²) < 4.78 is 18.1. The van der Waals surface area contributed by atoms with Crippen LogP contribution in [0.15, 0.2) is 36.7 Å². The molecule has 0 spiro atoms. The summed E-state index contributed by atoms with van der Waals surface area (Å²) in [7, 11) is 0. The second-order valence-corrected chi connectivity index (χ2v) is 3.10. The van der Waals surface area contributed by atoms with E-state index in [4.69, 9.17) is 4.74 Å². The Kier molecular flexibility index (Phi) is 2.58. The first-order valence-electron chi connectivity index (χ1n) is 4.46. The lowest BCUT2D eigenvalue weighted by Gasteiger charge is -2.04. The van der Waals surface area contributed by atoms with Crippen LogP contribution in [0.4, 0.5) is 4.39 Å². The first-order valence-corrected chi connectivity index (χ1v) is 4.46. The van der Waals surface area contributed by atoms with Crippen LogP contribution in [0.2, 0.25) is 0 Å². The third-order valence-corrected chi connectivity index (χ3v) is 1.82. The van der Waals surface area contributed by atoms with Gasteiger partial charge in [-0.2, -0.15) is 4.39 Å². The summed E-state index contributed by atoms with van der Waals surface area (Å²) in [6.07, 6.45) is 1.13. The number of hydrogen-bond donors (Lipinski definition) is 0. The number of aromatic nitrogens is 2. The van der Waals surface area contributed by atoms with Crippen molar-refractivity contribution in [1.82, 2.24) is 9.97 Å². The topological polar surface area (TPSA) is 35.0 Å². The molecule has 0 saturated heterocycles. The van der Waals surface area contributed by atoms with Gasteiger partial charge in [0.2, 0.25) is 11.8 Å². The highest BCUT2D eigenvalue weighted by Crippen LogP contribution is 2.19. The summed E-state index contributed by atoms with van der Waals surface area (Å²) >= 11 is 0. The molecule has 76 valence electrons. The van der Waals surface area contributed by atoms with Gasteiger partial charge in [0.05, 0.1) is 6.07 Å². The van der Waals surface area contributed by atoms with Crippen LogP contribution in [-0.4, -0.2) is 9.97 Å². The SMILES string of the molecule is Cc1cccc(Oc2cc(F)ncn2)c1. The molecule has 0 aliphatic carbocycles. The molecule has 2 aromatic rings. The van der Waals surface area contributed by atoms with Crippen molar-refractivity contribution in [3.63, 3.8) is 0 Å². The van der Waals surface area contributed by atoms with E-state index in [1.54, 1.807) is 6.07 Å². The number of benzene rings is 1. The van der Waals surface area contributed by atoms with Crippen LogP contribution in [-0.2, 0) is 0 Å². The Morgan fingerprint density at radius 3 is 2.80 bits per heavy atom. The zero-order valence-electron chi connectivity index (χ0n) is 8.14. The van der Waals surface area contributed by atoms with Gasteiger partial charge in [-0.25, -0.2) is 9.97 Å². The van der Waals surface area contributed by atoms with Gasteiger partial charge in [0.15, 0.2) is 0 Å². The summed E-state index contributed by atoms with van der Waals surface area (Å²) in [5.41, 5.74) is 1.07. The smallest absolute Gasteiger partial charge is 0.225 e. The molecule has 0 saturated carbocycles. The summed E-state index contributed by atoms with van der Waals surface area (Å²) in [4.78, 5) is 7.13. The first-order chi connectivity index (χ1) is 7.24. The van der Waals surface area contributed by atoms with Crippen LogP contribution in [0.1, 0.15) is 5.56 Å². The molecule has 0 bridgehead atoms. The molecule has 1 aromatic heterocycles. The number of ether oxygens (including phenoxy) is 1. The zero-order valence-corrected chi connectivity index (χ0v) is 8.14. The second-order valence-electron chi connectivity index (χ2n) is 3.10. The molecule has 0 unspecified atom stereocenters. The molecule has 1 aromatic carbocycles. The second kappa shape index (κ2) is 4.04. The predicted molar refractivity (Wildman–Crippen MR) is 53.2 cm³/mol. The van der Waals surface area contributed by atoms with Crippen molar-refractivity contribution in [3.8, 4) is 11.6 Å². The monoisotopic (exact) mass is 204 g/mol. The van der Waals surface area contributed by atoms with E-state index in [0.717, 1.165) is 18.0 Å². The van der Waals surface area contributed by atoms with Crippen LogP contribution in [0.3, 0.4) is 0 Å². The van der Waals surface area contributed by atoms with Crippen molar-refractivity contribution in [2.24, 2.45) is 0 Å². The molecule has 0 aliphatic rings. The van der Waals surface area contributed by atoms with Gasteiger partial charge in [-0.1, -0.05) is 12.1 Å². The van der Waals surface area contributed by atoms with Crippen molar-refractivity contribution < 1.29 is 9.13 Å². The van der Waals surface area contributed by atoms with Crippen molar-refractivity contribution in [2.75, 3.05) is 0 Å². The average molecular weight is 204 g/mol. The number of hydrogen-bond acceptors (Lipinski definition) is 3. The minimum Gasteiger partial charge on any atom is -0.439 e. The quantitative estimate of drug-likeness (QED) is 0.705. The van der Waals surface area contributed by atoms with Crippen LogP contribution in [0, 0.1) is 12.9 Å². The molecular formula is C11H9FN2O. The third-order valence-electron chi connectivity index (χ3n) is 1.82. The Bertz CT molecular complexity index is 430. The van der Waals surface area contributed by atoms with E-state index < -0.39 is 5.95 Å². The Balaban J connectivity index is 2.22. The van der Waals surface area contributed by atoms with Gasteiger partial charge in [-0.05, 0) is 24.6 Å². The molecule has 2 rings (SSSR count). The Hall–Kier alpha value is -1.97. The van der Waals surface area contributed by atoms with E-state index in [0.29, 0.717) is 5.75 Å². The lowest BCUT2D eigenvalue weighted by atomic mass is 10.2. The van der Waals surface area contributed by atoms with E-state index in [-0.39, 0.29) is 5.88 Å². The van der Waals surface area contributed by atoms with Gasteiger partial charge in [0, 0.05) is 0 Å². The fourth-order valence-corrected chi connectivity index (χ4v) is 1.17. The molecule has 0 aliphatic heterocycles. The molecule has 0 atom stereocenters. The molecule has 4 heteroatoms. The fourth-order valence-electron chi connectivity index (χ4n) is 1.17. The molecule has 0 fully saturated rings. The van der Waals surface area contributed by atoms with E-state index >= 15 is 0 Å². The summed E-state index contributed by atoms with van der Waals surface area (Å²) in [6.45, 7) is 1.95. The van der Waals surface area contributed by atoms with Crippen LogP contribution in [0.25, 0.3) is 0 Å². The van der Waals surface area contributed by atoms with Crippen molar-refractivity contribution in [2.45, 2.75) is 6.92 Å². The lowest BCUT2D eigenvalue weighted by Crippen LogP contribution is -1.91. The van der Waals surface area contributed by atoms with Crippen molar-refractivity contribution in [3.05, 3.63) is 48.2 Å². The highest BCUT2D eigenvalue weighted by molar-refractivity contribution is 5.30.